The second-order valence-corrected chi connectivity index (χ2v) is 5.69. The normalized spacial score (nSPS) is 12.9. The molecule has 0 heterocycles. The Balaban J connectivity index is 2.52. The van der Waals surface area contributed by atoms with Crippen molar-refractivity contribution in [2.24, 2.45) is 0 Å². The van der Waals surface area contributed by atoms with Crippen LogP contribution < -0.4 is 4.74 Å². The zero-order chi connectivity index (χ0) is 16.7. The monoisotopic (exact) mass is 307 g/mol. The fourth-order valence-corrected chi connectivity index (χ4v) is 2.97. The number of carbonyl (C=O) groups excluding carboxylic acids is 1. The van der Waals surface area contributed by atoms with Gasteiger partial charge in [-0.15, -0.1) is 0 Å². The average Bonchev–Trinajstić information content (AvgIpc) is 2.59. The lowest BCUT2D eigenvalue weighted by molar-refractivity contribution is -0.122. The van der Waals surface area contributed by atoms with E-state index in [2.05, 4.69) is 6.07 Å². The predicted octanol–water partition coefficient (Wildman–Crippen LogP) is 4.07. The van der Waals surface area contributed by atoms with E-state index in [0.717, 1.165) is 16.9 Å². The molecule has 0 saturated heterocycles. The van der Waals surface area contributed by atoms with Gasteiger partial charge >= 0.3 is 0 Å². The second kappa shape index (κ2) is 7.60. The molecule has 1 atom stereocenters. The van der Waals surface area contributed by atoms with Gasteiger partial charge in [0.1, 0.15) is 11.5 Å². The molecule has 0 saturated carbocycles. The van der Waals surface area contributed by atoms with Crippen molar-refractivity contribution in [2.75, 3.05) is 7.11 Å². The fourth-order valence-electron chi connectivity index (χ4n) is 2.97. The number of hydrogen-bond donors (Lipinski definition) is 0. The average molecular weight is 307 g/mol. The van der Waals surface area contributed by atoms with Crippen LogP contribution in [-0.4, -0.2) is 12.9 Å². The minimum absolute atomic E-state index is 0.0739. The molecule has 0 aliphatic carbocycles. The molecular formula is C20H21NO2. The number of benzene rings is 2. The Hall–Kier alpha value is -2.60. The topological polar surface area (TPSA) is 50.1 Å². The third-order valence-electron chi connectivity index (χ3n) is 4.31. The minimum Gasteiger partial charge on any atom is -0.497 e. The molecule has 2 rings (SSSR count). The molecule has 3 nitrogen and oxygen atoms in total. The maximum atomic E-state index is 12.6. The van der Waals surface area contributed by atoms with Crippen molar-refractivity contribution in [1.29, 1.82) is 5.26 Å². The van der Waals surface area contributed by atoms with Crippen molar-refractivity contribution in [3.05, 3.63) is 65.7 Å². The van der Waals surface area contributed by atoms with Gasteiger partial charge < -0.3 is 4.74 Å². The Labute approximate surface area is 137 Å². The number of ether oxygens (including phenoxy) is 1. The summed E-state index contributed by atoms with van der Waals surface area (Å²) in [5.41, 5.74) is 1.29. The highest BCUT2D eigenvalue weighted by atomic mass is 16.5. The number of methoxy groups -OCH3 is 1. The highest BCUT2D eigenvalue weighted by Crippen LogP contribution is 2.36. The van der Waals surface area contributed by atoms with Gasteiger partial charge in [0.25, 0.3) is 0 Å². The molecule has 0 aromatic heterocycles. The van der Waals surface area contributed by atoms with Crippen molar-refractivity contribution >= 4 is 5.78 Å². The minimum atomic E-state index is -0.703. The summed E-state index contributed by atoms with van der Waals surface area (Å²) in [4.78, 5) is 12.6. The Morgan fingerprint density at radius 3 is 2.52 bits per heavy atom. The van der Waals surface area contributed by atoms with Gasteiger partial charge in [-0.1, -0.05) is 42.5 Å². The van der Waals surface area contributed by atoms with Gasteiger partial charge in [0, 0.05) is 6.42 Å². The molecule has 0 aliphatic rings. The first-order valence-corrected chi connectivity index (χ1v) is 7.69. The van der Waals surface area contributed by atoms with E-state index < -0.39 is 5.41 Å². The van der Waals surface area contributed by atoms with E-state index in [-0.39, 0.29) is 5.78 Å². The van der Waals surface area contributed by atoms with Crippen LogP contribution in [0.25, 0.3) is 0 Å². The second-order valence-electron chi connectivity index (χ2n) is 5.69. The highest BCUT2D eigenvalue weighted by Gasteiger charge is 2.37. The van der Waals surface area contributed by atoms with Crippen LogP contribution in [-0.2, 0) is 16.6 Å². The van der Waals surface area contributed by atoms with Crippen molar-refractivity contribution < 1.29 is 9.53 Å². The van der Waals surface area contributed by atoms with E-state index in [4.69, 9.17) is 10.00 Å². The molecule has 0 aliphatic heterocycles. The lowest BCUT2D eigenvalue weighted by Crippen LogP contribution is -2.36. The quantitative estimate of drug-likeness (QED) is 0.775. The van der Waals surface area contributed by atoms with Gasteiger partial charge in [0.15, 0.2) is 0 Å². The van der Waals surface area contributed by atoms with Crippen LogP contribution in [0.4, 0.5) is 0 Å². The first kappa shape index (κ1) is 16.8. The Bertz CT molecular complexity index is 703. The van der Waals surface area contributed by atoms with E-state index >= 15 is 0 Å². The summed E-state index contributed by atoms with van der Waals surface area (Å²) in [5.74, 6) is 0.794. The van der Waals surface area contributed by atoms with Gasteiger partial charge in [-0.2, -0.15) is 5.26 Å². The molecule has 0 unspecified atom stereocenters. The SMILES string of the molecule is COc1cccc([C@@](CCC#N)(Cc2ccccc2)C(C)=O)c1. The number of nitriles is 1. The smallest absolute Gasteiger partial charge is 0.140 e. The molecule has 0 bridgehead atoms. The van der Waals surface area contributed by atoms with Crippen molar-refractivity contribution in [3.63, 3.8) is 0 Å². The largest absolute Gasteiger partial charge is 0.497 e. The van der Waals surface area contributed by atoms with E-state index in [1.165, 1.54) is 0 Å². The Morgan fingerprint density at radius 1 is 1.17 bits per heavy atom. The molecule has 23 heavy (non-hydrogen) atoms. The van der Waals surface area contributed by atoms with E-state index in [1.807, 2.05) is 54.6 Å². The van der Waals surface area contributed by atoms with Gasteiger partial charge in [0.05, 0.1) is 18.6 Å². The van der Waals surface area contributed by atoms with Crippen LogP contribution in [0.2, 0.25) is 0 Å². The lowest BCUT2D eigenvalue weighted by Gasteiger charge is -2.32. The molecular weight excluding hydrogens is 286 g/mol. The van der Waals surface area contributed by atoms with E-state index in [1.54, 1.807) is 14.0 Å². The molecule has 118 valence electrons. The van der Waals surface area contributed by atoms with Crippen LogP contribution in [0.3, 0.4) is 0 Å². The summed E-state index contributed by atoms with van der Waals surface area (Å²) in [5, 5.41) is 9.04. The zero-order valence-electron chi connectivity index (χ0n) is 13.6. The van der Waals surface area contributed by atoms with Gasteiger partial charge in [-0.05, 0) is 43.0 Å². The summed E-state index contributed by atoms with van der Waals surface area (Å²) in [6.07, 6.45) is 1.42. The first-order valence-electron chi connectivity index (χ1n) is 7.69. The first-order chi connectivity index (χ1) is 11.1. The number of Topliss-reactive ketones (excluding diaryl/α,β-unsaturated/α-hetero) is 1. The molecule has 0 fully saturated rings. The van der Waals surface area contributed by atoms with Gasteiger partial charge in [-0.3, -0.25) is 4.79 Å². The Kier molecular flexibility index (Phi) is 5.54. The van der Waals surface area contributed by atoms with Gasteiger partial charge in [0.2, 0.25) is 0 Å². The standard InChI is InChI=1S/C20H21NO2/c1-16(22)20(12-7-13-21,15-17-8-4-3-5-9-17)18-10-6-11-19(14-18)23-2/h3-6,8-11,14H,7,12,15H2,1-2H3/t20-/m0/s1. The summed E-state index contributed by atoms with van der Waals surface area (Å²) >= 11 is 0. The summed E-state index contributed by atoms with van der Waals surface area (Å²) in [6, 6.07) is 19.7. The van der Waals surface area contributed by atoms with Crippen molar-refractivity contribution in [3.8, 4) is 11.8 Å². The number of nitrogens with zero attached hydrogens (tertiary/aromatic N) is 1. The third kappa shape index (κ3) is 3.78. The number of carbonyl (C=O) groups is 1. The molecule has 0 amide bonds. The van der Waals surface area contributed by atoms with E-state index in [0.29, 0.717) is 19.3 Å². The van der Waals surface area contributed by atoms with Crippen molar-refractivity contribution in [2.45, 2.75) is 31.6 Å². The number of rotatable bonds is 7. The van der Waals surface area contributed by atoms with Crippen LogP contribution in [0, 0.1) is 11.3 Å². The van der Waals surface area contributed by atoms with Gasteiger partial charge in [-0.25, -0.2) is 0 Å². The Morgan fingerprint density at radius 2 is 1.91 bits per heavy atom. The molecule has 0 N–H and O–H groups in total. The maximum Gasteiger partial charge on any atom is 0.140 e. The summed E-state index contributed by atoms with van der Waals surface area (Å²) < 4.78 is 5.31. The van der Waals surface area contributed by atoms with Crippen LogP contribution in [0.15, 0.2) is 54.6 Å². The van der Waals surface area contributed by atoms with Crippen LogP contribution in [0.5, 0.6) is 5.75 Å². The van der Waals surface area contributed by atoms with Crippen LogP contribution in [0.1, 0.15) is 30.9 Å². The predicted molar refractivity (Wildman–Crippen MR) is 90.3 cm³/mol. The molecule has 0 radical (unpaired) electrons. The van der Waals surface area contributed by atoms with Crippen LogP contribution >= 0.6 is 0 Å². The molecule has 0 spiro atoms. The highest BCUT2D eigenvalue weighted by molar-refractivity contribution is 5.88. The third-order valence-corrected chi connectivity index (χ3v) is 4.31. The lowest BCUT2D eigenvalue weighted by atomic mass is 9.69. The summed E-state index contributed by atoms with van der Waals surface area (Å²) in [7, 11) is 1.61. The summed E-state index contributed by atoms with van der Waals surface area (Å²) in [6.45, 7) is 1.61. The maximum absolute atomic E-state index is 12.6. The van der Waals surface area contributed by atoms with E-state index in [9.17, 15) is 4.79 Å². The van der Waals surface area contributed by atoms with Crippen molar-refractivity contribution in [1.82, 2.24) is 0 Å². The number of hydrogen-bond acceptors (Lipinski definition) is 3. The zero-order valence-corrected chi connectivity index (χ0v) is 13.6. The fraction of sp³-hybridized carbons (Fsp3) is 0.300. The molecule has 2 aromatic carbocycles. The number of ketones is 1. The molecule has 3 heteroatoms. The molecule has 2 aromatic rings.